The van der Waals surface area contributed by atoms with Crippen molar-refractivity contribution in [2.24, 2.45) is 0 Å². The highest BCUT2D eigenvalue weighted by Gasteiger charge is 2.18. The molecule has 0 amide bonds. The van der Waals surface area contributed by atoms with Crippen LogP contribution in [0.3, 0.4) is 0 Å². The first-order valence-corrected chi connectivity index (χ1v) is 9.53. The number of H-pyrrole nitrogens is 1. The molecule has 152 valence electrons. The van der Waals surface area contributed by atoms with Crippen molar-refractivity contribution in [3.8, 4) is 11.5 Å². The summed E-state index contributed by atoms with van der Waals surface area (Å²) in [5.74, 6) is -0.637. The molecule has 0 aliphatic rings. The summed E-state index contributed by atoms with van der Waals surface area (Å²) < 4.78 is 6.13. The van der Waals surface area contributed by atoms with Gasteiger partial charge in [-0.3, -0.25) is 9.89 Å². The van der Waals surface area contributed by atoms with Crippen molar-refractivity contribution in [2.75, 3.05) is 5.32 Å². The zero-order valence-corrected chi connectivity index (χ0v) is 16.8. The van der Waals surface area contributed by atoms with E-state index < -0.39 is 5.97 Å². The van der Waals surface area contributed by atoms with E-state index in [1.807, 2.05) is 32.9 Å². The van der Waals surface area contributed by atoms with Crippen LogP contribution in [0.2, 0.25) is 0 Å². The van der Waals surface area contributed by atoms with Gasteiger partial charge in [-0.15, -0.1) is 0 Å². The first kappa shape index (κ1) is 19.4. The maximum Gasteiger partial charge on any atom is 0.337 e. The molecule has 2 aromatic carbocycles. The Morgan fingerprint density at radius 3 is 2.63 bits per heavy atom. The molecule has 2 aromatic heterocycles. The molecule has 0 radical (unpaired) electrons. The van der Waals surface area contributed by atoms with Crippen LogP contribution in [-0.2, 0) is 0 Å². The number of hydrogen-bond acceptors (Lipinski definition) is 5. The quantitative estimate of drug-likeness (QED) is 0.447. The second kappa shape index (κ2) is 7.51. The van der Waals surface area contributed by atoms with Crippen LogP contribution in [0.1, 0.15) is 40.1 Å². The average molecular weight is 403 g/mol. The number of aromatic nitrogens is 2. The van der Waals surface area contributed by atoms with E-state index in [4.69, 9.17) is 4.42 Å². The summed E-state index contributed by atoms with van der Waals surface area (Å²) in [6, 6.07) is 13.4. The third-order valence-electron chi connectivity index (χ3n) is 4.96. The number of rotatable bonds is 5. The molecule has 0 bridgehead atoms. The van der Waals surface area contributed by atoms with Crippen molar-refractivity contribution in [1.82, 2.24) is 10.2 Å². The minimum Gasteiger partial charge on any atom is -0.478 e. The van der Waals surface area contributed by atoms with Gasteiger partial charge in [-0.05, 0) is 50.6 Å². The van der Waals surface area contributed by atoms with E-state index in [0.717, 1.165) is 16.8 Å². The number of hydrogen-bond donors (Lipinski definition) is 3. The molecule has 0 unspecified atom stereocenters. The van der Waals surface area contributed by atoms with Gasteiger partial charge in [0, 0.05) is 23.0 Å². The Balaban J connectivity index is 1.84. The second-order valence-corrected chi connectivity index (χ2v) is 7.36. The fourth-order valence-electron chi connectivity index (χ4n) is 3.53. The van der Waals surface area contributed by atoms with E-state index in [-0.39, 0.29) is 17.0 Å². The van der Waals surface area contributed by atoms with Crippen molar-refractivity contribution in [1.29, 1.82) is 0 Å². The summed E-state index contributed by atoms with van der Waals surface area (Å²) in [4.78, 5) is 24.4. The standard InChI is InChI=1S/C23H21N3O4/c1-12-8-16(14(3)24-18-7-5-4-6-15(18)23(28)29)22-17(9-12)20(27)11-21(30-22)19-10-13(2)25-26-19/h4-11,14,24H,1-3H3,(H,25,26)(H,28,29)/t14-/m1/s1. The molecule has 0 aliphatic carbocycles. The Hall–Kier alpha value is -3.87. The molecule has 0 spiro atoms. The van der Waals surface area contributed by atoms with Crippen molar-refractivity contribution < 1.29 is 14.3 Å². The predicted molar refractivity (Wildman–Crippen MR) is 115 cm³/mol. The summed E-state index contributed by atoms with van der Waals surface area (Å²) in [6.07, 6.45) is 0. The van der Waals surface area contributed by atoms with Crippen LogP contribution in [0.25, 0.3) is 22.4 Å². The zero-order valence-electron chi connectivity index (χ0n) is 16.8. The average Bonchev–Trinajstić information content (AvgIpc) is 3.14. The summed E-state index contributed by atoms with van der Waals surface area (Å²) in [5, 5.41) is 20.2. The third-order valence-corrected chi connectivity index (χ3v) is 4.96. The van der Waals surface area contributed by atoms with E-state index in [9.17, 15) is 14.7 Å². The predicted octanol–water partition coefficient (Wildman–Crippen LogP) is 4.67. The van der Waals surface area contributed by atoms with Crippen LogP contribution in [0.15, 0.2) is 57.7 Å². The van der Waals surface area contributed by atoms with Gasteiger partial charge in [0.05, 0.1) is 17.0 Å². The molecule has 0 aliphatic heterocycles. The first-order chi connectivity index (χ1) is 14.3. The summed E-state index contributed by atoms with van der Waals surface area (Å²) in [6.45, 7) is 5.68. The molecule has 4 rings (SSSR count). The summed E-state index contributed by atoms with van der Waals surface area (Å²) in [7, 11) is 0. The number of para-hydroxylation sites is 1. The Morgan fingerprint density at radius 2 is 1.93 bits per heavy atom. The van der Waals surface area contributed by atoms with Gasteiger partial charge < -0.3 is 14.8 Å². The minimum atomic E-state index is -1.01. The van der Waals surface area contributed by atoms with E-state index in [2.05, 4.69) is 15.5 Å². The lowest BCUT2D eigenvalue weighted by Gasteiger charge is -2.19. The number of fused-ring (bicyclic) bond motifs is 1. The van der Waals surface area contributed by atoms with E-state index in [1.165, 1.54) is 6.07 Å². The Labute approximate surface area is 172 Å². The number of carboxylic acid groups (broad SMARTS) is 1. The van der Waals surface area contributed by atoms with Gasteiger partial charge in [-0.1, -0.05) is 18.2 Å². The molecular formula is C23H21N3O4. The van der Waals surface area contributed by atoms with E-state index in [1.54, 1.807) is 30.3 Å². The van der Waals surface area contributed by atoms with E-state index in [0.29, 0.717) is 28.1 Å². The Morgan fingerprint density at radius 1 is 1.17 bits per heavy atom. The van der Waals surface area contributed by atoms with Gasteiger partial charge in [-0.25, -0.2) is 4.79 Å². The molecule has 0 saturated heterocycles. The van der Waals surface area contributed by atoms with Crippen molar-refractivity contribution >= 4 is 22.6 Å². The van der Waals surface area contributed by atoms with Crippen LogP contribution in [0.4, 0.5) is 5.69 Å². The highest BCUT2D eigenvalue weighted by Crippen LogP contribution is 2.31. The molecule has 0 saturated carbocycles. The van der Waals surface area contributed by atoms with Crippen molar-refractivity contribution in [3.63, 3.8) is 0 Å². The normalized spacial score (nSPS) is 12.1. The number of benzene rings is 2. The van der Waals surface area contributed by atoms with Crippen LogP contribution in [-0.4, -0.2) is 21.3 Å². The fourth-order valence-corrected chi connectivity index (χ4v) is 3.53. The molecule has 7 nitrogen and oxygen atoms in total. The highest BCUT2D eigenvalue weighted by molar-refractivity contribution is 5.94. The number of nitrogens with zero attached hydrogens (tertiary/aromatic N) is 1. The number of carbonyl (C=O) groups is 1. The van der Waals surface area contributed by atoms with Gasteiger partial charge in [0.1, 0.15) is 11.3 Å². The maximum absolute atomic E-state index is 12.8. The number of aromatic carboxylic acids is 1. The molecule has 4 aromatic rings. The largest absolute Gasteiger partial charge is 0.478 e. The minimum absolute atomic E-state index is 0.157. The van der Waals surface area contributed by atoms with Crippen LogP contribution < -0.4 is 10.7 Å². The fraction of sp³-hybridized carbons (Fsp3) is 0.174. The smallest absolute Gasteiger partial charge is 0.337 e. The van der Waals surface area contributed by atoms with Crippen LogP contribution >= 0.6 is 0 Å². The summed E-state index contributed by atoms with van der Waals surface area (Å²) in [5.41, 5.74) is 4.05. The lowest BCUT2D eigenvalue weighted by Crippen LogP contribution is -2.12. The first-order valence-electron chi connectivity index (χ1n) is 9.53. The number of aromatic amines is 1. The molecule has 7 heteroatoms. The Bertz CT molecular complexity index is 1320. The lowest BCUT2D eigenvalue weighted by atomic mass is 10.0. The number of carboxylic acids is 1. The lowest BCUT2D eigenvalue weighted by molar-refractivity contribution is 0.0698. The van der Waals surface area contributed by atoms with Crippen molar-refractivity contribution in [3.05, 3.63) is 81.1 Å². The maximum atomic E-state index is 12.8. The highest BCUT2D eigenvalue weighted by atomic mass is 16.4. The molecule has 3 N–H and O–H groups in total. The van der Waals surface area contributed by atoms with Gasteiger partial charge >= 0.3 is 5.97 Å². The van der Waals surface area contributed by atoms with E-state index >= 15 is 0 Å². The molecular weight excluding hydrogens is 382 g/mol. The van der Waals surface area contributed by atoms with Crippen LogP contribution in [0.5, 0.6) is 0 Å². The SMILES string of the molecule is Cc1cc([C@@H](C)Nc2ccccc2C(=O)O)c2oc(-c3cc(C)[nH]n3)cc(=O)c2c1. The Kier molecular flexibility index (Phi) is 4.87. The molecule has 2 heterocycles. The van der Waals surface area contributed by atoms with Gasteiger partial charge in [0.25, 0.3) is 0 Å². The van der Waals surface area contributed by atoms with Gasteiger partial charge in [0.15, 0.2) is 11.2 Å². The molecule has 0 fully saturated rings. The molecule has 1 atom stereocenters. The second-order valence-electron chi connectivity index (χ2n) is 7.36. The zero-order chi connectivity index (χ0) is 21.4. The monoisotopic (exact) mass is 403 g/mol. The summed E-state index contributed by atoms with van der Waals surface area (Å²) >= 11 is 0. The molecule has 30 heavy (non-hydrogen) atoms. The number of aryl methyl sites for hydroxylation is 2. The van der Waals surface area contributed by atoms with Gasteiger partial charge in [0.2, 0.25) is 0 Å². The van der Waals surface area contributed by atoms with Gasteiger partial charge in [-0.2, -0.15) is 5.10 Å². The van der Waals surface area contributed by atoms with Crippen LogP contribution in [0, 0.1) is 13.8 Å². The third kappa shape index (κ3) is 3.57. The number of nitrogens with one attached hydrogen (secondary N) is 2. The van der Waals surface area contributed by atoms with Crippen molar-refractivity contribution in [2.45, 2.75) is 26.8 Å². The number of anilines is 1. The topological polar surface area (TPSA) is 108 Å².